The first-order chi connectivity index (χ1) is 10.6. The van der Waals surface area contributed by atoms with E-state index in [1.807, 2.05) is 5.32 Å². The largest absolute Gasteiger partial charge is 0.494 e. The van der Waals surface area contributed by atoms with Crippen molar-refractivity contribution >= 4 is 17.9 Å². The van der Waals surface area contributed by atoms with E-state index in [1.165, 1.54) is 19.2 Å². The molecule has 0 aliphatic carbocycles. The van der Waals surface area contributed by atoms with Gasteiger partial charge in [-0.1, -0.05) is 0 Å². The van der Waals surface area contributed by atoms with Crippen molar-refractivity contribution in [2.75, 3.05) is 13.7 Å². The molecule has 0 saturated carbocycles. The number of amides is 3. The number of nitrogens with one attached hydrogen (secondary N) is 2. The molecule has 0 unspecified atom stereocenters. The van der Waals surface area contributed by atoms with E-state index in [0.717, 1.165) is 6.07 Å². The fourth-order valence-electron chi connectivity index (χ4n) is 1.54. The number of esters is 1. The number of hydrogen-bond acceptors (Lipinski definition) is 5. The van der Waals surface area contributed by atoms with E-state index in [4.69, 9.17) is 9.47 Å². The van der Waals surface area contributed by atoms with Crippen LogP contribution in [-0.4, -0.2) is 37.2 Å². The molecule has 2 N–H and O–H groups in total. The number of carbonyl (C=O) groups excluding carboxylic acids is 3. The van der Waals surface area contributed by atoms with Gasteiger partial charge in [-0.05, 0) is 39.0 Å². The van der Waals surface area contributed by atoms with E-state index in [0.29, 0.717) is 0 Å². The maximum absolute atomic E-state index is 13.5. The molecule has 3 amide bonds. The number of halogens is 1. The maximum Gasteiger partial charge on any atom is 0.338 e. The summed E-state index contributed by atoms with van der Waals surface area (Å²) < 4.78 is 22.9. The SMILES string of the molecule is COc1ccc(C(=O)OCC(=O)NC(=O)NC(C)(C)C)cc1F. The number of benzene rings is 1. The van der Waals surface area contributed by atoms with E-state index in [-0.39, 0.29) is 11.3 Å². The summed E-state index contributed by atoms with van der Waals surface area (Å²) >= 11 is 0. The van der Waals surface area contributed by atoms with Crippen molar-refractivity contribution in [1.82, 2.24) is 10.6 Å². The first kappa shape index (κ1) is 18.4. The molecule has 0 aliphatic rings. The molecule has 0 aromatic heterocycles. The Kier molecular flexibility index (Phi) is 6.06. The third kappa shape index (κ3) is 6.33. The summed E-state index contributed by atoms with van der Waals surface area (Å²) in [5.74, 6) is -2.43. The zero-order chi connectivity index (χ0) is 17.6. The molecule has 0 fully saturated rings. The van der Waals surface area contributed by atoms with Crippen LogP contribution >= 0.6 is 0 Å². The third-order valence-electron chi connectivity index (χ3n) is 2.46. The van der Waals surface area contributed by atoms with Gasteiger partial charge in [0.15, 0.2) is 18.2 Å². The molecule has 23 heavy (non-hydrogen) atoms. The summed E-state index contributed by atoms with van der Waals surface area (Å²) in [7, 11) is 1.30. The molecular formula is C15H19FN2O5. The fraction of sp³-hybridized carbons (Fsp3) is 0.400. The van der Waals surface area contributed by atoms with Gasteiger partial charge in [-0.2, -0.15) is 0 Å². The Hall–Kier alpha value is -2.64. The summed E-state index contributed by atoms with van der Waals surface area (Å²) in [5, 5.41) is 4.53. The lowest BCUT2D eigenvalue weighted by Gasteiger charge is -2.20. The van der Waals surface area contributed by atoms with Crippen LogP contribution in [-0.2, 0) is 9.53 Å². The van der Waals surface area contributed by atoms with Crippen LogP contribution in [0.1, 0.15) is 31.1 Å². The van der Waals surface area contributed by atoms with E-state index in [2.05, 4.69) is 5.32 Å². The average molecular weight is 326 g/mol. The Morgan fingerprint density at radius 2 is 1.87 bits per heavy atom. The molecule has 0 atom stereocenters. The highest BCUT2D eigenvalue weighted by Gasteiger charge is 2.17. The van der Waals surface area contributed by atoms with Crippen LogP contribution in [0, 0.1) is 5.82 Å². The van der Waals surface area contributed by atoms with Gasteiger partial charge in [-0.3, -0.25) is 10.1 Å². The Labute approximate surface area is 133 Å². The van der Waals surface area contributed by atoms with Crippen molar-refractivity contribution in [1.29, 1.82) is 0 Å². The topological polar surface area (TPSA) is 93.7 Å². The molecule has 0 heterocycles. The normalized spacial score (nSPS) is 10.7. The second kappa shape index (κ2) is 7.57. The molecule has 0 radical (unpaired) electrons. The number of ether oxygens (including phenoxy) is 2. The lowest BCUT2D eigenvalue weighted by molar-refractivity contribution is -0.123. The highest BCUT2D eigenvalue weighted by molar-refractivity contribution is 5.97. The molecule has 1 rings (SSSR count). The van der Waals surface area contributed by atoms with Gasteiger partial charge in [0, 0.05) is 5.54 Å². The minimum absolute atomic E-state index is 0.0156. The van der Waals surface area contributed by atoms with Crippen molar-refractivity contribution in [3.63, 3.8) is 0 Å². The van der Waals surface area contributed by atoms with Crippen molar-refractivity contribution in [3.05, 3.63) is 29.6 Å². The quantitative estimate of drug-likeness (QED) is 0.820. The Morgan fingerprint density at radius 3 is 2.39 bits per heavy atom. The molecule has 0 saturated heterocycles. The van der Waals surface area contributed by atoms with E-state index < -0.39 is 35.9 Å². The van der Waals surface area contributed by atoms with Crippen molar-refractivity contribution in [2.24, 2.45) is 0 Å². The summed E-state index contributed by atoms with van der Waals surface area (Å²) in [6.07, 6.45) is 0. The van der Waals surface area contributed by atoms with Gasteiger partial charge >= 0.3 is 12.0 Å². The standard InChI is InChI=1S/C15H19FN2O5/c1-15(2,3)18-14(21)17-12(19)8-23-13(20)9-5-6-11(22-4)10(16)7-9/h5-7H,8H2,1-4H3,(H2,17,18,19,21). The summed E-state index contributed by atoms with van der Waals surface area (Å²) in [6.45, 7) is 4.57. The molecule has 0 bridgehead atoms. The maximum atomic E-state index is 13.5. The van der Waals surface area contributed by atoms with Crippen LogP contribution in [0.4, 0.5) is 9.18 Å². The van der Waals surface area contributed by atoms with Gasteiger partial charge in [0.05, 0.1) is 12.7 Å². The Balaban J connectivity index is 2.51. The first-order valence-electron chi connectivity index (χ1n) is 6.75. The summed E-state index contributed by atoms with van der Waals surface area (Å²) in [4.78, 5) is 34.7. The van der Waals surface area contributed by atoms with Gasteiger partial charge in [-0.25, -0.2) is 14.0 Å². The monoisotopic (exact) mass is 326 g/mol. The lowest BCUT2D eigenvalue weighted by atomic mass is 10.1. The van der Waals surface area contributed by atoms with Crippen LogP contribution in [0.5, 0.6) is 5.75 Å². The molecular weight excluding hydrogens is 307 g/mol. The second-order valence-corrected chi connectivity index (χ2v) is 5.68. The molecule has 1 aromatic carbocycles. The number of hydrogen-bond donors (Lipinski definition) is 2. The predicted octanol–water partition coefficient (Wildman–Crippen LogP) is 1.62. The number of imide groups is 1. The highest BCUT2D eigenvalue weighted by atomic mass is 19.1. The van der Waals surface area contributed by atoms with Crippen LogP contribution in [0.25, 0.3) is 0 Å². The van der Waals surface area contributed by atoms with Crippen LogP contribution in [0.15, 0.2) is 18.2 Å². The van der Waals surface area contributed by atoms with Crippen LogP contribution < -0.4 is 15.4 Å². The molecule has 0 spiro atoms. The minimum atomic E-state index is -0.891. The van der Waals surface area contributed by atoms with Crippen molar-refractivity contribution in [3.8, 4) is 5.75 Å². The molecule has 8 heteroatoms. The second-order valence-electron chi connectivity index (χ2n) is 5.68. The molecule has 1 aromatic rings. The van der Waals surface area contributed by atoms with E-state index >= 15 is 0 Å². The fourth-order valence-corrected chi connectivity index (χ4v) is 1.54. The molecule has 7 nitrogen and oxygen atoms in total. The predicted molar refractivity (Wildman–Crippen MR) is 79.7 cm³/mol. The average Bonchev–Trinajstić information content (AvgIpc) is 2.42. The zero-order valence-corrected chi connectivity index (χ0v) is 13.4. The van der Waals surface area contributed by atoms with Gasteiger partial charge in [0.1, 0.15) is 0 Å². The molecule has 126 valence electrons. The van der Waals surface area contributed by atoms with E-state index in [1.54, 1.807) is 20.8 Å². The van der Waals surface area contributed by atoms with Crippen LogP contribution in [0.3, 0.4) is 0 Å². The zero-order valence-electron chi connectivity index (χ0n) is 13.4. The van der Waals surface area contributed by atoms with Gasteiger partial charge < -0.3 is 14.8 Å². The number of urea groups is 1. The highest BCUT2D eigenvalue weighted by Crippen LogP contribution is 2.18. The first-order valence-corrected chi connectivity index (χ1v) is 6.75. The van der Waals surface area contributed by atoms with Gasteiger partial charge in [-0.15, -0.1) is 0 Å². The molecule has 0 aliphatic heterocycles. The Bertz CT molecular complexity index is 610. The van der Waals surface area contributed by atoms with E-state index in [9.17, 15) is 18.8 Å². The number of methoxy groups -OCH3 is 1. The van der Waals surface area contributed by atoms with Gasteiger partial charge in [0.2, 0.25) is 0 Å². The lowest BCUT2D eigenvalue weighted by Crippen LogP contribution is -2.49. The smallest absolute Gasteiger partial charge is 0.338 e. The Morgan fingerprint density at radius 1 is 1.22 bits per heavy atom. The number of carbonyl (C=O) groups is 3. The van der Waals surface area contributed by atoms with Crippen molar-refractivity contribution < 1.29 is 28.2 Å². The summed E-state index contributed by atoms with van der Waals surface area (Å²) in [6, 6.07) is 2.80. The summed E-state index contributed by atoms with van der Waals surface area (Å²) in [5.41, 5.74) is -0.586. The van der Waals surface area contributed by atoms with Crippen LogP contribution in [0.2, 0.25) is 0 Å². The third-order valence-corrected chi connectivity index (χ3v) is 2.46. The van der Waals surface area contributed by atoms with Crippen molar-refractivity contribution in [2.45, 2.75) is 26.3 Å². The number of rotatable bonds is 4. The van der Waals surface area contributed by atoms with Gasteiger partial charge in [0.25, 0.3) is 5.91 Å². The minimum Gasteiger partial charge on any atom is -0.494 e.